The monoisotopic (exact) mass is 273 g/mol. The van der Waals surface area contributed by atoms with Gasteiger partial charge in [-0.05, 0) is 30.2 Å². The minimum atomic E-state index is -0.822. The quantitative estimate of drug-likeness (QED) is 0.868. The number of nitrogens with one attached hydrogen (secondary N) is 1. The molecule has 0 aliphatic rings. The van der Waals surface area contributed by atoms with Crippen LogP contribution in [0.3, 0.4) is 0 Å². The number of aryl methyl sites for hydroxylation is 2. The lowest BCUT2D eigenvalue weighted by atomic mass is 10.1. The van der Waals surface area contributed by atoms with Crippen molar-refractivity contribution >= 4 is 17.6 Å². The number of rotatable bonds is 5. The van der Waals surface area contributed by atoms with Crippen molar-refractivity contribution in [3.8, 4) is 0 Å². The Morgan fingerprint density at radius 3 is 2.50 bits per heavy atom. The van der Waals surface area contributed by atoms with E-state index < -0.39 is 5.97 Å². The van der Waals surface area contributed by atoms with Crippen molar-refractivity contribution in [2.45, 2.75) is 12.8 Å². The highest BCUT2D eigenvalue weighted by atomic mass is 16.4. The fourth-order valence-corrected chi connectivity index (χ4v) is 1.74. The first-order valence-corrected chi connectivity index (χ1v) is 6.16. The Balaban J connectivity index is 1.96. The second-order valence-electron chi connectivity index (χ2n) is 4.42. The minimum Gasteiger partial charge on any atom is -0.481 e. The zero-order valence-corrected chi connectivity index (χ0v) is 11.0. The van der Waals surface area contributed by atoms with E-state index in [9.17, 15) is 9.59 Å². The van der Waals surface area contributed by atoms with E-state index in [2.05, 4.69) is 10.4 Å². The largest absolute Gasteiger partial charge is 0.481 e. The van der Waals surface area contributed by atoms with Gasteiger partial charge in [-0.25, -0.2) is 0 Å². The van der Waals surface area contributed by atoms with Crippen LogP contribution >= 0.6 is 0 Å². The van der Waals surface area contributed by atoms with Gasteiger partial charge in [0.2, 0.25) is 0 Å². The van der Waals surface area contributed by atoms with E-state index in [0.29, 0.717) is 17.8 Å². The van der Waals surface area contributed by atoms with E-state index >= 15 is 0 Å². The summed E-state index contributed by atoms with van der Waals surface area (Å²) in [4.78, 5) is 22.3. The number of nitrogens with zero attached hydrogens (tertiary/aromatic N) is 2. The molecule has 6 heteroatoms. The Kier molecular flexibility index (Phi) is 4.14. The van der Waals surface area contributed by atoms with Crippen LogP contribution in [0.2, 0.25) is 0 Å². The molecule has 2 rings (SSSR count). The molecule has 0 aliphatic heterocycles. The van der Waals surface area contributed by atoms with Crippen LogP contribution in [-0.2, 0) is 18.3 Å². The number of hydrogen-bond donors (Lipinski definition) is 2. The van der Waals surface area contributed by atoms with E-state index in [1.54, 1.807) is 48.3 Å². The molecule has 1 amide bonds. The summed E-state index contributed by atoms with van der Waals surface area (Å²) in [7, 11) is 1.74. The summed E-state index contributed by atoms with van der Waals surface area (Å²) in [5, 5.41) is 15.4. The molecule has 1 heterocycles. The number of amides is 1. The molecule has 0 radical (unpaired) electrons. The van der Waals surface area contributed by atoms with Gasteiger partial charge in [0.25, 0.3) is 5.91 Å². The summed E-state index contributed by atoms with van der Waals surface area (Å²) >= 11 is 0. The molecule has 20 heavy (non-hydrogen) atoms. The predicted octanol–water partition coefficient (Wildman–Crippen LogP) is 1.69. The summed E-state index contributed by atoms with van der Waals surface area (Å²) in [5.41, 5.74) is 1.92. The molecule has 0 atom stereocenters. The van der Waals surface area contributed by atoms with Gasteiger partial charge in [0.05, 0.1) is 0 Å². The van der Waals surface area contributed by atoms with Crippen molar-refractivity contribution in [3.63, 3.8) is 0 Å². The van der Waals surface area contributed by atoms with Crippen LogP contribution < -0.4 is 5.32 Å². The lowest BCUT2D eigenvalue weighted by Gasteiger charge is -2.04. The van der Waals surface area contributed by atoms with E-state index in [1.807, 2.05) is 0 Å². The Bertz CT molecular complexity index is 617. The highest BCUT2D eigenvalue weighted by molar-refractivity contribution is 6.02. The first kappa shape index (κ1) is 13.8. The van der Waals surface area contributed by atoms with Gasteiger partial charge in [0.15, 0.2) is 5.69 Å². The van der Waals surface area contributed by atoms with Crippen LogP contribution in [0.5, 0.6) is 0 Å². The average molecular weight is 273 g/mol. The maximum absolute atomic E-state index is 11.9. The Hall–Kier alpha value is -2.63. The molecule has 1 aromatic carbocycles. The van der Waals surface area contributed by atoms with Gasteiger partial charge in [0, 0.05) is 25.4 Å². The molecule has 0 bridgehead atoms. The highest BCUT2D eigenvalue weighted by Crippen LogP contribution is 2.12. The van der Waals surface area contributed by atoms with Gasteiger partial charge < -0.3 is 10.4 Å². The molecule has 104 valence electrons. The fraction of sp³-hybridized carbons (Fsp3) is 0.214. The van der Waals surface area contributed by atoms with Crippen LogP contribution in [0, 0.1) is 0 Å². The summed E-state index contributed by atoms with van der Waals surface area (Å²) in [6.45, 7) is 0. The van der Waals surface area contributed by atoms with Crippen molar-refractivity contribution in [1.82, 2.24) is 9.78 Å². The van der Waals surface area contributed by atoms with Gasteiger partial charge in [-0.2, -0.15) is 5.10 Å². The summed E-state index contributed by atoms with van der Waals surface area (Å²) in [6, 6.07) is 8.74. The molecular formula is C14H15N3O3. The third kappa shape index (κ3) is 3.68. The van der Waals surface area contributed by atoms with E-state index in [4.69, 9.17) is 5.11 Å². The molecule has 1 aromatic heterocycles. The summed E-state index contributed by atoms with van der Waals surface area (Å²) in [5.74, 6) is -1.10. The average Bonchev–Trinajstić information content (AvgIpc) is 2.85. The third-order valence-corrected chi connectivity index (χ3v) is 2.79. The molecule has 0 aliphatic carbocycles. The van der Waals surface area contributed by atoms with E-state index in [1.165, 1.54) is 0 Å². The SMILES string of the molecule is Cn1ccc(C(=O)Nc2ccc(CCC(=O)O)cc2)n1. The number of benzene rings is 1. The van der Waals surface area contributed by atoms with Gasteiger partial charge >= 0.3 is 5.97 Å². The molecule has 6 nitrogen and oxygen atoms in total. The van der Waals surface area contributed by atoms with Crippen molar-refractivity contribution in [1.29, 1.82) is 0 Å². The fourth-order valence-electron chi connectivity index (χ4n) is 1.74. The molecule has 0 saturated carbocycles. The highest BCUT2D eigenvalue weighted by Gasteiger charge is 2.08. The van der Waals surface area contributed by atoms with Gasteiger partial charge in [-0.3, -0.25) is 14.3 Å². The van der Waals surface area contributed by atoms with Crippen molar-refractivity contribution in [2.75, 3.05) is 5.32 Å². The number of carbonyl (C=O) groups is 2. The Morgan fingerprint density at radius 1 is 1.25 bits per heavy atom. The van der Waals surface area contributed by atoms with Crippen molar-refractivity contribution < 1.29 is 14.7 Å². The topological polar surface area (TPSA) is 84.2 Å². The number of carboxylic acid groups (broad SMARTS) is 1. The number of hydrogen-bond acceptors (Lipinski definition) is 3. The second-order valence-corrected chi connectivity index (χ2v) is 4.42. The Labute approximate surface area is 116 Å². The van der Waals surface area contributed by atoms with Crippen LogP contribution in [-0.4, -0.2) is 26.8 Å². The molecule has 0 saturated heterocycles. The van der Waals surface area contributed by atoms with Crippen LogP contribution in [0.4, 0.5) is 5.69 Å². The van der Waals surface area contributed by atoms with E-state index in [0.717, 1.165) is 5.56 Å². The molecule has 2 aromatic rings. The summed E-state index contributed by atoms with van der Waals surface area (Å²) < 4.78 is 1.56. The first-order chi connectivity index (χ1) is 9.54. The van der Waals surface area contributed by atoms with Crippen LogP contribution in [0.1, 0.15) is 22.5 Å². The number of aromatic nitrogens is 2. The van der Waals surface area contributed by atoms with E-state index in [-0.39, 0.29) is 12.3 Å². The zero-order valence-electron chi connectivity index (χ0n) is 11.0. The maximum atomic E-state index is 11.9. The summed E-state index contributed by atoms with van der Waals surface area (Å²) in [6.07, 6.45) is 2.27. The molecule has 0 spiro atoms. The van der Waals surface area contributed by atoms with Crippen LogP contribution in [0.15, 0.2) is 36.5 Å². The third-order valence-electron chi connectivity index (χ3n) is 2.79. The minimum absolute atomic E-state index is 0.0969. The molecule has 2 N–H and O–H groups in total. The number of aliphatic carboxylic acids is 1. The Morgan fingerprint density at radius 2 is 1.95 bits per heavy atom. The molecule has 0 fully saturated rings. The van der Waals surface area contributed by atoms with Crippen LogP contribution in [0.25, 0.3) is 0 Å². The first-order valence-electron chi connectivity index (χ1n) is 6.16. The second kappa shape index (κ2) is 6.01. The molecular weight excluding hydrogens is 258 g/mol. The number of carbonyl (C=O) groups excluding carboxylic acids is 1. The zero-order chi connectivity index (χ0) is 14.5. The maximum Gasteiger partial charge on any atom is 0.303 e. The smallest absolute Gasteiger partial charge is 0.303 e. The lowest BCUT2D eigenvalue weighted by Crippen LogP contribution is -2.13. The van der Waals surface area contributed by atoms with Gasteiger partial charge in [0.1, 0.15) is 0 Å². The lowest BCUT2D eigenvalue weighted by molar-refractivity contribution is -0.136. The molecule has 0 unspecified atom stereocenters. The van der Waals surface area contributed by atoms with Crippen molar-refractivity contribution in [3.05, 3.63) is 47.8 Å². The standard InChI is InChI=1S/C14H15N3O3/c1-17-9-8-12(16-17)14(20)15-11-5-2-10(3-6-11)4-7-13(18)19/h2-3,5-6,8-9H,4,7H2,1H3,(H,15,20)(H,18,19). The van der Waals surface area contributed by atoms with Crippen molar-refractivity contribution in [2.24, 2.45) is 7.05 Å². The van der Waals surface area contributed by atoms with Gasteiger partial charge in [-0.1, -0.05) is 12.1 Å². The predicted molar refractivity (Wildman–Crippen MR) is 73.6 cm³/mol. The number of carboxylic acids is 1. The number of anilines is 1. The van der Waals surface area contributed by atoms with Gasteiger partial charge in [-0.15, -0.1) is 0 Å². The normalized spacial score (nSPS) is 10.2.